The number of ether oxygens (including phenoxy) is 2. The van der Waals surface area contributed by atoms with Gasteiger partial charge in [0, 0.05) is 19.5 Å². The van der Waals surface area contributed by atoms with Crippen LogP contribution in [0.4, 0.5) is 0 Å². The number of hydrogen-bond donors (Lipinski definition) is 2. The average Bonchev–Trinajstić information content (AvgIpc) is 2.53. The standard InChI is InChI=1S/C14H21N3O4/c1-4-17(9-8-12(15)16-19)14(18)13-10(20-2)6-5-7-11(13)21-3/h5-7,19H,4,8-9H2,1-3H3,(H2,15,16). The van der Waals surface area contributed by atoms with Crippen LogP contribution in [0.1, 0.15) is 23.7 Å². The summed E-state index contributed by atoms with van der Waals surface area (Å²) in [5.41, 5.74) is 5.80. The highest BCUT2D eigenvalue weighted by molar-refractivity contribution is 6.00. The van der Waals surface area contributed by atoms with E-state index in [1.54, 1.807) is 23.1 Å². The van der Waals surface area contributed by atoms with Crippen LogP contribution in [-0.4, -0.2) is 49.2 Å². The molecule has 1 aromatic rings. The molecule has 0 atom stereocenters. The Bertz CT molecular complexity index is 495. The third-order valence-corrected chi connectivity index (χ3v) is 3.08. The van der Waals surface area contributed by atoms with Crippen LogP contribution in [0.2, 0.25) is 0 Å². The molecule has 0 aliphatic rings. The van der Waals surface area contributed by atoms with Crippen LogP contribution in [0.3, 0.4) is 0 Å². The number of nitrogens with zero attached hydrogens (tertiary/aromatic N) is 2. The molecule has 7 nitrogen and oxygen atoms in total. The first-order chi connectivity index (χ1) is 10.1. The molecule has 3 N–H and O–H groups in total. The highest BCUT2D eigenvalue weighted by Gasteiger charge is 2.22. The monoisotopic (exact) mass is 295 g/mol. The number of nitrogens with two attached hydrogens (primary N) is 1. The summed E-state index contributed by atoms with van der Waals surface area (Å²) in [5, 5.41) is 11.5. The van der Waals surface area contributed by atoms with Crippen LogP contribution >= 0.6 is 0 Å². The van der Waals surface area contributed by atoms with Gasteiger partial charge in [0.2, 0.25) is 0 Å². The topological polar surface area (TPSA) is 97.4 Å². The van der Waals surface area contributed by atoms with Crippen LogP contribution in [-0.2, 0) is 0 Å². The Labute approximate surface area is 123 Å². The Balaban J connectivity index is 3.04. The summed E-state index contributed by atoms with van der Waals surface area (Å²) in [6.45, 7) is 2.68. The molecule has 1 amide bonds. The van der Waals surface area contributed by atoms with Crippen molar-refractivity contribution in [1.82, 2.24) is 4.90 Å². The second kappa shape index (κ2) is 7.98. The molecule has 21 heavy (non-hydrogen) atoms. The zero-order valence-electron chi connectivity index (χ0n) is 12.5. The molecule has 0 aliphatic heterocycles. The summed E-state index contributed by atoms with van der Waals surface area (Å²) < 4.78 is 10.5. The Morgan fingerprint density at radius 3 is 2.33 bits per heavy atom. The van der Waals surface area contributed by atoms with E-state index in [0.717, 1.165) is 0 Å². The van der Waals surface area contributed by atoms with Crippen molar-refractivity contribution in [3.8, 4) is 11.5 Å². The molecule has 0 spiro atoms. The normalized spacial score (nSPS) is 11.1. The molecule has 0 radical (unpaired) electrons. The van der Waals surface area contributed by atoms with Gasteiger partial charge in [-0.3, -0.25) is 4.79 Å². The number of carbonyl (C=O) groups excluding carboxylic acids is 1. The Morgan fingerprint density at radius 2 is 1.90 bits per heavy atom. The number of rotatable bonds is 7. The van der Waals surface area contributed by atoms with Gasteiger partial charge in [-0.1, -0.05) is 11.2 Å². The molecule has 0 saturated heterocycles. The molecule has 0 fully saturated rings. The number of methoxy groups -OCH3 is 2. The lowest BCUT2D eigenvalue weighted by Crippen LogP contribution is -2.34. The molecule has 0 unspecified atom stereocenters. The van der Waals surface area contributed by atoms with E-state index in [0.29, 0.717) is 30.2 Å². The molecule has 0 aromatic heterocycles. The van der Waals surface area contributed by atoms with E-state index in [1.165, 1.54) is 14.2 Å². The molecule has 0 saturated carbocycles. The van der Waals surface area contributed by atoms with Gasteiger partial charge in [0.05, 0.1) is 14.2 Å². The molecule has 1 rings (SSSR count). The molecular weight excluding hydrogens is 274 g/mol. The van der Waals surface area contributed by atoms with E-state index < -0.39 is 0 Å². The van der Waals surface area contributed by atoms with Gasteiger partial charge in [-0.05, 0) is 19.1 Å². The van der Waals surface area contributed by atoms with Crippen molar-refractivity contribution in [2.24, 2.45) is 10.9 Å². The smallest absolute Gasteiger partial charge is 0.261 e. The third-order valence-electron chi connectivity index (χ3n) is 3.08. The minimum atomic E-state index is -0.225. The summed E-state index contributed by atoms with van der Waals surface area (Å²) in [6, 6.07) is 5.15. The van der Waals surface area contributed by atoms with E-state index in [9.17, 15) is 4.79 Å². The summed E-state index contributed by atoms with van der Waals surface area (Å²) in [5.74, 6) is 0.744. The zero-order valence-corrected chi connectivity index (χ0v) is 12.5. The van der Waals surface area contributed by atoms with Crippen LogP contribution in [0.15, 0.2) is 23.4 Å². The number of carbonyl (C=O) groups is 1. The van der Waals surface area contributed by atoms with Crippen molar-refractivity contribution in [3.63, 3.8) is 0 Å². The highest BCUT2D eigenvalue weighted by Crippen LogP contribution is 2.29. The minimum absolute atomic E-state index is 0.0771. The lowest BCUT2D eigenvalue weighted by atomic mass is 10.1. The van der Waals surface area contributed by atoms with Crippen LogP contribution in [0.5, 0.6) is 11.5 Å². The number of amides is 1. The first kappa shape index (κ1) is 16.6. The lowest BCUT2D eigenvalue weighted by molar-refractivity contribution is 0.0761. The van der Waals surface area contributed by atoms with E-state index in [-0.39, 0.29) is 18.2 Å². The highest BCUT2D eigenvalue weighted by atomic mass is 16.5. The summed E-state index contributed by atoms with van der Waals surface area (Å²) >= 11 is 0. The quantitative estimate of drug-likeness (QED) is 0.342. The van der Waals surface area contributed by atoms with Crippen molar-refractivity contribution in [1.29, 1.82) is 0 Å². The van der Waals surface area contributed by atoms with Crippen molar-refractivity contribution in [3.05, 3.63) is 23.8 Å². The Morgan fingerprint density at radius 1 is 1.33 bits per heavy atom. The maximum atomic E-state index is 12.7. The summed E-state index contributed by atoms with van der Waals surface area (Å²) in [6.07, 6.45) is 0.285. The second-order valence-corrected chi connectivity index (χ2v) is 4.26. The largest absolute Gasteiger partial charge is 0.496 e. The van der Waals surface area contributed by atoms with Crippen LogP contribution in [0, 0.1) is 0 Å². The second-order valence-electron chi connectivity index (χ2n) is 4.26. The SMILES string of the molecule is CCN(CCC(N)=NO)C(=O)c1c(OC)cccc1OC. The zero-order chi connectivity index (χ0) is 15.8. The van der Waals surface area contributed by atoms with E-state index in [1.807, 2.05) is 6.92 Å². The molecular formula is C14H21N3O4. The molecule has 1 aromatic carbocycles. The Kier molecular flexibility index (Phi) is 6.32. The maximum absolute atomic E-state index is 12.7. The fourth-order valence-electron chi connectivity index (χ4n) is 1.92. The molecule has 7 heteroatoms. The summed E-state index contributed by atoms with van der Waals surface area (Å²) in [4.78, 5) is 14.2. The van der Waals surface area contributed by atoms with E-state index in [4.69, 9.17) is 20.4 Å². The molecule has 0 bridgehead atoms. The van der Waals surface area contributed by atoms with E-state index in [2.05, 4.69) is 5.16 Å². The Hall–Kier alpha value is -2.44. The fraction of sp³-hybridized carbons (Fsp3) is 0.429. The lowest BCUT2D eigenvalue weighted by Gasteiger charge is -2.22. The van der Waals surface area contributed by atoms with Gasteiger partial charge in [0.1, 0.15) is 22.9 Å². The van der Waals surface area contributed by atoms with E-state index >= 15 is 0 Å². The van der Waals surface area contributed by atoms with Gasteiger partial charge in [0.25, 0.3) is 5.91 Å². The minimum Gasteiger partial charge on any atom is -0.496 e. The molecule has 0 aliphatic carbocycles. The molecule has 0 heterocycles. The van der Waals surface area contributed by atoms with Crippen LogP contribution in [0.25, 0.3) is 0 Å². The predicted octanol–water partition coefficient (Wildman–Crippen LogP) is 1.30. The van der Waals surface area contributed by atoms with Gasteiger partial charge < -0.3 is 25.3 Å². The van der Waals surface area contributed by atoms with Crippen molar-refractivity contribution < 1.29 is 19.5 Å². The summed E-state index contributed by atoms with van der Waals surface area (Å²) in [7, 11) is 3.00. The number of oxime groups is 1. The van der Waals surface area contributed by atoms with Crippen LogP contribution < -0.4 is 15.2 Å². The van der Waals surface area contributed by atoms with Gasteiger partial charge in [0.15, 0.2) is 0 Å². The first-order valence-corrected chi connectivity index (χ1v) is 6.55. The molecule has 116 valence electrons. The number of amidine groups is 1. The van der Waals surface area contributed by atoms with Gasteiger partial charge >= 0.3 is 0 Å². The fourth-order valence-corrected chi connectivity index (χ4v) is 1.92. The third kappa shape index (κ3) is 4.01. The van der Waals surface area contributed by atoms with Crippen molar-refractivity contribution in [2.75, 3.05) is 27.3 Å². The van der Waals surface area contributed by atoms with Crippen molar-refractivity contribution in [2.45, 2.75) is 13.3 Å². The predicted molar refractivity (Wildman–Crippen MR) is 79.1 cm³/mol. The number of hydrogen-bond acceptors (Lipinski definition) is 5. The van der Waals surface area contributed by atoms with Gasteiger partial charge in [-0.2, -0.15) is 0 Å². The number of benzene rings is 1. The van der Waals surface area contributed by atoms with Gasteiger partial charge in [-0.15, -0.1) is 0 Å². The van der Waals surface area contributed by atoms with Crippen molar-refractivity contribution >= 4 is 11.7 Å². The van der Waals surface area contributed by atoms with Gasteiger partial charge in [-0.25, -0.2) is 0 Å². The average molecular weight is 295 g/mol. The first-order valence-electron chi connectivity index (χ1n) is 6.55. The maximum Gasteiger partial charge on any atom is 0.261 e.